The van der Waals surface area contributed by atoms with E-state index in [1.54, 1.807) is 0 Å². The minimum atomic E-state index is 0. The lowest BCUT2D eigenvalue weighted by Crippen LogP contribution is -2.33. The van der Waals surface area contributed by atoms with Crippen molar-refractivity contribution in [2.45, 2.75) is 26.7 Å². The molecule has 3 nitrogen and oxygen atoms in total. The fourth-order valence-electron chi connectivity index (χ4n) is 2.18. The van der Waals surface area contributed by atoms with E-state index in [1.807, 2.05) is 30.1 Å². The van der Waals surface area contributed by atoms with Crippen LogP contribution in [-0.4, -0.2) is 13.0 Å². The quantitative estimate of drug-likeness (QED) is 0.578. The summed E-state index contributed by atoms with van der Waals surface area (Å²) in [5.41, 5.74) is 10.6. The molecule has 0 aromatic heterocycles. The molecule has 0 spiro atoms. The zero-order chi connectivity index (χ0) is 16.1. The highest BCUT2D eigenvalue weighted by molar-refractivity contribution is 9.10. The van der Waals surface area contributed by atoms with Crippen molar-refractivity contribution >= 4 is 45.7 Å². The second-order valence-corrected chi connectivity index (χ2v) is 6.05. The van der Waals surface area contributed by atoms with Crippen LogP contribution >= 0.6 is 28.3 Å². The number of benzene rings is 2. The van der Waals surface area contributed by atoms with Crippen molar-refractivity contribution < 1.29 is 0 Å². The molecule has 124 valence electrons. The molecule has 23 heavy (non-hydrogen) atoms. The second kappa shape index (κ2) is 8.94. The first-order chi connectivity index (χ1) is 10.5. The Kier molecular flexibility index (Phi) is 7.59. The number of hydrogen-bond donors (Lipinski definition) is 1. The molecular formula is C18H23BrClN3. The average molecular weight is 397 g/mol. The van der Waals surface area contributed by atoms with Crippen LogP contribution in [0.3, 0.4) is 0 Å². The normalized spacial score (nSPS) is 11.0. The van der Waals surface area contributed by atoms with Crippen LogP contribution in [0.5, 0.6) is 0 Å². The number of nitrogens with two attached hydrogens (primary N) is 1. The minimum Gasteiger partial charge on any atom is -0.369 e. The molecule has 0 amide bonds. The van der Waals surface area contributed by atoms with Gasteiger partial charge in [0.25, 0.3) is 0 Å². The maximum Gasteiger partial charge on any atom is 0.200 e. The van der Waals surface area contributed by atoms with Gasteiger partial charge in [-0.05, 0) is 64.2 Å². The number of hydrogen-bond acceptors (Lipinski definition) is 1. The van der Waals surface area contributed by atoms with Gasteiger partial charge in [0, 0.05) is 17.2 Å². The van der Waals surface area contributed by atoms with Crippen LogP contribution in [0.15, 0.2) is 51.9 Å². The molecule has 0 saturated heterocycles. The van der Waals surface area contributed by atoms with Crippen LogP contribution in [0.1, 0.15) is 25.0 Å². The van der Waals surface area contributed by atoms with Gasteiger partial charge in [-0.3, -0.25) is 0 Å². The molecule has 0 fully saturated rings. The molecule has 0 unspecified atom stereocenters. The molecule has 0 heterocycles. The predicted molar refractivity (Wildman–Crippen MR) is 106 cm³/mol. The third-order valence-corrected chi connectivity index (χ3v) is 4.37. The molecule has 0 aliphatic carbocycles. The number of guanidine groups is 1. The number of nitrogens with zero attached hydrogens (tertiary/aromatic N) is 2. The van der Waals surface area contributed by atoms with E-state index in [4.69, 9.17) is 5.73 Å². The predicted octanol–water partition coefficient (Wildman–Crippen LogP) is 5.08. The second-order valence-electron chi connectivity index (χ2n) is 5.19. The molecular weight excluding hydrogens is 374 g/mol. The van der Waals surface area contributed by atoms with Gasteiger partial charge in [0.05, 0.1) is 5.69 Å². The highest BCUT2D eigenvalue weighted by Gasteiger charge is 2.07. The van der Waals surface area contributed by atoms with Gasteiger partial charge in [-0.1, -0.05) is 32.0 Å². The zero-order valence-electron chi connectivity index (χ0n) is 13.7. The maximum absolute atomic E-state index is 6.19. The first kappa shape index (κ1) is 19.5. The third-order valence-electron chi connectivity index (χ3n) is 3.70. The molecule has 0 saturated carbocycles. The monoisotopic (exact) mass is 395 g/mol. The minimum absolute atomic E-state index is 0. The van der Waals surface area contributed by atoms with Crippen molar-refractivity contribution in [2.24, 2.45) is 10.7 Å². The van der Waals surface area contributed by atoms with E-state index in [0.717, 1.165) is 28.7 Å². The summed E-state index contributed by atoms with van der Waals surface area (Å²) in [5.74, 6) is 0.474. The smallest absolute Gasteiger partial charge is 0.200 e. The van der Waals surface area contributed by atoms with Crippen molar-refractivity contribution in [3.8, 4) is 0 Å². The summed E-state index contributed by atoms with van der Waals surface area (Å²) in [5, 5.41) is 0. The average Bonchev–Trinajstić information content (AvgIpc) is 2.56. The molecule has 5 heteroatoms. The fraction of sp³-hybridized carbons (Fsp3) is 0.278. The molecule has 2 aromatic rings. The Hall–Kier alpha value is -1.52. The van der Waals surface area contributed by atoms with E-state index in [1.165, 1.54) is 11.1 Å². The Morgan fingerprint density at radius 2 is 1.74 bits per heavy atom. The lowest BCUT2D eigenvalue weighted by molar-refractivity contribution is 1.12. The Bertz CT molecular complexity index is 686. The Morgan fingerprint density at radius 1 is 1.09 bits per heavy atom. The van der Waals surface area contributed by atoms with E-state index in [0.29, 0.717) is 5.96 Å². The lowest BCUT2D eigenvalue weighted by Gasteiger charge is -2.19. The number of anilines is 1. The van der Waals surface area contributed by atoms with Gasteiger partial charge < -0.3 is 10.6 Å². The maximum atomic E-state index is 6.19. The van der Waals surface area contributed by atoms with Crippen LogP contribution in [-0.2, 0) is 12.8 Å². The summed E-state index contributed by atoms with van der Waals surface area (Å²) in [6.45, 7) is 4.27. The summed E-state index contributed by atoms with van der Waals surface area (Å²) < 4.78 is 0.948. The summed E-state index contributed by atoms with van der Waals surface area (Å²) in [6, 6.07) is 14.5. The molecule has 2 rings (SSSR count). The Morgan fingerprint density at radius 3 is 2.39 bits per heavy atom. The van der Waals surface area contributed by atoms with E-state index in [9.17, 15) is 0 Å². The van der Waals surface area contributed by atoms with E-state index >= 15 is 0 Å². The topological polar surface area (TPSA) is 41.6 Å². The number of rotatable bonds is 4. The highest BCUT2D eigenvalue weighted by atomic mass is 79.9. The summed E-state index contributed by atoms with van der Waals surface area (Å²) >= 11 is 3.54. The molecule has 0 bridgehead atoms. The third kappa shape index (κ3) is 4.98. The van der Waals surface area contributed by atoms with Crippen LogP contribution in [0.4, 0.5) is 11.4 Å². The summed E-state index contributed by atoms with van der Waals surface area (Å²) in [7, 11) is 1.94. The lowest BCUT2D eigenvalue weighted by atomic mass is 10.1. The molecule has 0 aliphatic heterocycles. The first-order valence-corrected chi connectivity index (χ1v) is 8.29. The highest BCUT2D eigenvalue weighted by Crippen LogP contribution is 2.27. The van der Waals surface area contributed by atoms with Crippen molar-refractivity contribution in [3.05, 3.63) is 58.1 Å². The van der Waals surface area contributed by atoms with Gasteiger partial charge in [-0.2, -0.15) is 0 Å². The van der Waals surface area contributed by atoms with Crippen molar-refractivity contribution in [1.29, 1.82) is 0 Å². The first-order valence-electron chi connectivity index (χ1n) is 7.50. The van der Waals surface area contributed by atoms with Crippen LogP contribution in [0.25, 0.3) is 0 Å². The van der Waals surface area contributed by atoms with Gasteiger partial charge in [0.2, 0.25) is 5.96 Å². The summed E-state index contributed by atoms with van der Waals surface area (Å²) in [4.78, 5) is 6.48. The number of aryl methyl sites for hydroxylation is 2. The standard InChI is InChI=1S/C18H22BrN3.ClH/c1-4-13-7-6-8-15(11-13)22(3)18(20)21-17-12-14(5-2)9-10-16(17)19;/h6-12H,4-5H2,1-3H3,(H2,20,21);1H. The van der Waals surface area contributed by atoms with Gasteiger partial charge >= 0.3 is 0 Å². The van der Waals surface area contributed by atoms with Gasteiger partial charge in [-0.25, -0.2) is 4.99 Å². The van der Waals surface area contributed by atoms with Crippen molar-refractivity contribution in [1.82, 2.24) is 0 Å². The zero-order valence-corrected chi connectivity index (χ0v) is 16.1. The number of aliphatic imine (C=N–C) groups is 1. The molecule has 0 radical (unpaired) electrons. The van der Waals surface area contributed by atoms with Crippen LogP contribution < -0.4 is 10.6 Å². The van der Waals surface area contributed by atoms with E-state index < -0.39 is 0 Å². The SMILES string of the molecule is CCc1cccc(N(C)C(N)=Nc2cc(CC)ccc2Br)c1.Cl. The molecule has 2 N–H and O–H groups in total. The largest absolute Gasteiger partial charge is 0.369 e. The van der Waals surface area contributed by atoms with E-state index in [2.05, 4.69) is 59.0 Å². The van der Waals surface area contributed by atoms with Crippen molar-refractivity contribution in [2.75, 3.05) is 11.9 Å². The van der Waals surface area contributed by atoms with Gasteiger partial charge in [0.1, 0.15) is 0 Å². The van der Waals surface area contributed by atoms with Gasteiger partial charge in [0.15, 0.2) is 0 Å². The number of halogens is 2. The van der Waals surface area contributed by atoms with Gasteiger partial charge in [-0.15, -0.1) is 12.4 Å². The van der Waals surface area contributed by atoms with Crippen molar-refractivity contribution in [3.63, 3.8) is 0 Å². The molecule has 2 aromatic carbocycles. The molecule has 0 atom stereocenters. The Balaban J connectivity index is 0.00000264. The van der Waals surface area contributed by atoms with Crippen LogP contribution in [0, 0.1) is 0 Å². The summed E-state index contributed by atoms with van der Waals surface area (Å²) in [6.07, 6.45) is 1.98. The van der Waals surface area contributed by atoms with E-state index in [-0.39, 0.29) is 12.4 Å². The fourth-order valence-corrected chi connectivity index (χ4v) is 2.51. The van der Waals surface area contributed by atoms with Crippen LogP contribution in [0.2, 0.25) is 0 Å². The Labute approximate surface area is 153 Å². The molecule has 0 aliphatic rings.